The zero-order chi connectivity index (χ0) is 16.2. The van der Waals surface area contributed by atoms with Gasteiger partial charge in [-0.15, -0.1) is 0 Å². The number of carbonyl (C=O) groups excluding carboxylic acids is 1. The molecule has 0 spiro atoms. The molecule has 114 valence electrons. The van der Waals surface area contributed by atoms with Gasteiger partial charge in [0.15, 0.2) is 5.78 Å². The van der Waals surface area contributed by atoms with Gasteiger partial charge in [0, 0.05) is 12.8 Å². The number of hydrogen-bond acceptors (Lipinski definition) is 4. The number of nitriles is 2. The summed E-state index contributed by atoms with van der Waals surface area (Å²) in [7, 11) is 0. The molecule has 0 saturated carbocycles. The Hall–Kier alpha value is -2.33. The fourth-order valence-electron chi connectivity index (χ4n) is 3.37. The highest BCUT2D eigenvalue weighted by atomic mass is 16.5. The molecule has 1 unspecified atom stereocenters. The normalized spacial score (nSPS) is 19.0. The summed E-state index contributed by atoms with van der Waals surface area (Å²) in [5.74, 6) is 0.740. The fourth-order valence-corrected chi connectivity index (χ4v) is 3.37. The lowest BCUT2D eigenvalue weighted by molar-refractivity contribution is -0.00287. The van der Waals surface area contributed by atoms with E-state index in [1.807, 2.05) is 26.0 Å². The minimum Gasteiger partial charge on any atom is -0.488 e. The van der Waals surface area contributed by atoms with E-state index in [4.69, 9.17) is 15.3 Å². The van der Waals surface area contributed by atoms with Crippen LogP contribution in [0.15, 0.2) is 24.3 Å². The van der Waals surface area contributed by atoms with Crippen LogP contribution in [0, 0.1) is 34.0 Å². The van der Waals surface area contributed by atoms with Crippen molar-refractivity contribution in [3.05, 3.63) is 29.8 Å². The van der Waals surface area contributed by atoms with Gasteiger partial charge in [-0.3, -0.25) is 4.79 Å². The van der Waals surface area contributed by atoms with Crippen LogP contribution < -0.4 is 4.74 Å². The highest BCUT2D eigenvalue weighted by Crippen LogP contribution is 2.47. The Morgan fingerprint density at radius 2 is 1.77 bits per heavy atom. The largest absolute Gasteiger partial charge is 0.488 e. The van der Waals surface area contributed by atoms with E-state index in [1.165, 1.54) is 0 Å². The molecule has 0 aliphatic carbocycles. The summed E-state index contributed by atoms with van der Waals surface area (Å²) in [6, 6.07) is 11.5. The lowest BCUT2D eigenvalue weighted by Crippen LogP contribution is -2.51. The monoisotopic (exact) mass is 296 g/mol. The van der Waals surface area contributed by atoms with Crippen LogP contribution in [0.5, 0.6) is 5.75 Å². The van der Waals surface area contributed by atoms with Crippen molar-refractivity contribution in [3.63, 3.8) is 0 Å². The second kappa shape index (κ2) is 6.62. The summed E-state index contributed by atoms with van der Waals surface area (Å²) in [6.45, 7) is 4.03. The predicted octanol–water partition coefficient (Wildman–Crippen LogP) is 3.88. The number of ether oxygens (including phenoxy) is 1. The number of hydrogen-bond donors (Lipinski definition) is 0. The molecule has 0 fully saturated rings. The van der Waals surface area contributed by atoms with Crippen molar-refractivity contribution in [1.29, 1.82) is 10.5 Å². The van der Waals surface area contributed by atoms with Gasteiger partial charge >= 0.3 is 0 Å². The Labute approximate surface area is 131 Å². The van der Waals surface area contributed by atoms with Crippen LogP contribution in [0.4, 0.5) is 0 Å². The Bertz CT molecular complexity index is 619. The van der Waals surface area contributed by atoms with E-state index in [0.29, 0.717) is 24.2 Å². The van der Waals surface area contributed by atoms with Gasteiger partial charge in [-0.1, -0.05) is 26.0 Å². The van der Waals surface area contributed by atoms with E-state index >= 15 is 0 Å². The molecule has 0 radical (unpaired) electrons. The summed E-state index contributed by atoms with van der Waals surface area (Å²) in [4.78, 5) is 13.2. The van der Waals surface area contributed by atoms with Crippen molar-refractivity contribution in [1.82, 2.24) is 0 Å². The third-order valence-electron chi connectivity index (χ3n) is 4.35. The Balaban J connectivity index is 2.53. The molecular weight excluding hydrogens is 276 g/mol. The van der Waals surface area contributed by atoms with Crippen LogP contribution >= 0.6 is 0 Å². The van der Waals surface area contributed by atoms with E-state index in [2.05, 4.69) is 12.1 Å². The summed E-state index contributed by atoms with van der Waals surface area (Å²) < 4.78 is 6.13. The number of para-hydroxylation sites is 1. The Kier molecular flexibility index (Phi) is 4.83. The molecule has 1 atom stereocenters. The van der Waals surface area contributed by atoms with E-state index in [0.717, 1.165) is 0 Å². The van der Waals surface area contributed by atoms with E-state index in [-0.39, 0.29) is 30.6 Å². The standard InChI is InChI=1S/C18H20N2O2/c1-13(2)17-18(9-5-11-19,10-6-12-20)16(21)14-7-3-4-8-15(14)22-17/h3-4,7-8,13,17H,5-6,9-10H2,1-2H3. The summed E-state index contributed by atoms with van der Waals surface area (Å²) in [5.41, 5.74) is -0.219. The van der Waals surface area contributed by atoms with Crippen molar-refractivity contribution in [3.8, 4) is 17.9 Å². The van der Waals surface area contributed by atoms with Gasteiger partial charge < -0.3 is 4.74 Å². The van der Waals surface area contributed by atoms with Crippen molar-refractivity contribution in [2.24, 2.45) is 11.3 Å². The van der Waals surface area contributed by atoms with Crippen LogP contribution in [0.1, 0.15) is 49.9 Å². The Morgan fingerprint density at radius 3 is 2.32 bits per heavy atom. The van der Waals surface area contributed by atoms with Crippen LogP contribution in [0.25, 0.3) is 0 Å². The predicted molar refractivity (Wildman–Crippen MR) is 82.2 cm³/mol. The summed E-state index contributed by atoms with van der Waals surface area (Å²) in [6.07, 6.45) is 1.12. The first kappa shape index (κ1) is 16.0. The van der Waals surface area contributed by atoms with Gasteiger partial charge in [0.25, 0.3) is 0 Å². The molecule has 4 heteroatoms. The molecule has 1 aromatic carbocycles. The molecule has 4 nitrogen and oxygen atoms in total. The lowest BCUT2D eigenvalue weighted by Gasteiger charge is -2.44. The van der Waals surface area contributed by atoms with Crippen LogP contribution in [0.3, 0.4) is 0 Å². The third-order valence-corrected chi connectivity index (χ3v) is 4.35. The first-order valence-corrected chi connectivity index (χ1v) is 7.61. The highest BCUT2D eigenvalue weighted by Gasteiger charge is 2.51. The molecule has 0 N–H and O–H groups in total. The van der Waals surface area contributed by atoms with E-state index in [1.54, 1.807) is 12.1 Å². The number of carbonyl (C=O) groups is 1. The summed E-state index contributed by atoms with van der Waals surface area (Å²) in [5, 5.41) is 18.0. The molecule has 0 bridgehead atoms. The lowest BCUT2D eigenvalue weighted by atomic mass is 9.65. The van der Waals surface area contributed by atoms with Gasteiger partial charge in [0.05, 0.1) is 23.1 Å². The number of Topliss-reactive ketones (excluding diaryl/α,β-unsaturated/α-hetero) is 1. The topological polar surface area (TPSA) is 73.9 Å². The zero-order valence-electron chi connectivity index (χ0n) is 13.0. The van der Waals surface area contributed by atoms with Gasteiger partial charge in [-0.25, -0.2) is 0 Å². The first-order chi connectivity index (χ1) is 10.6. The molecule has 1 aliphatic heterocycles. The smallest absolute Gasteiger partial charge is 0.176 e. The average molecular weight is 296 g/mol. The number of rotatable bonds is 5. The number of benzene rings is 1. The second-order valence-corrected chi connectivity index (χ2v) is 6.08. The molecule has 2 rings (SSSR count). The Morgan fingerprint density at radius 1 is 1.18 bits per heavy atom. The summed E-state index contributed by atoms with van der Waals surface area (Å²) >= 11 is 0. The molecule has 1 heterocycles. The van der Waals surface area contributed by atoms with Gasteiger partial charge in [0.2, 0.25) is 0 Å². The maximum atomic E-state index is 13.2. The van der Waals surface area contributed by atoms with Crippen LogP contribution in [-0.2, 0) is 0 Å². The van der Waals surface area contributed by atoms with Crippen molar-refractivity contribution in [2.45, 2.75) is 45.6 Å². The first-order valence-electron chi connectivity index (χ1n) is 7.61. The minimum atomic E-state index is -0.784. The van der Waals surface area contributed by atoms with Crippen molar-refractivity contribution >= 4 is 5.78 Å². The SMILES string of the molecule is CC(C)C1Oc2ccccc2C(=O)C1(CCC#N)CCC#N. The fraction of sp³-hybridized carbons (Fsp3) is 0.500. The second-order valence-electron chi connectivity index (χ2n) is 6.08. The van der Waals surface area contributed by atoms with Crippen molar-refractivity contribution in [2.75, 3.05) is 0 Å². The van der Waals surface area contributed by atoms with E-state index < -0.39 is 5.41 Å². The van der Waals surface area contributed by atoms with Gasteiger partial charge in [-0.05, 0) is 30.9 Å². The molecule has 0 amide bonds. The molecule has 22 heavy (non-hydrogen) atoms. The number of nitrogens with zero attached hydrogens (tertiary/aromatic N) is 2. The number of fused-ring (bicyclic) bond motifs is 1. The molecule has 0 aromatic heterocycles. The average Bonchev–Trinajstić information content (AvgIpc) is 2.53. The molecule has 1 aliphatic rings. The van der Waals surface area contributed by atoms with Crippen molar-refractivity contribution < 1.29 is 9.53 Å². The van der Waals surface area contributed by atoms with Crippen LogP contribution in [-0.4, -0.2) is 11.9 Å². The van der Waals surface area contributed by atoms with E-state index in [9.17, 15) is 4.79 Å². The molecule has 0 saturated heterocycles. The van der Waals surface area contributed by atoms with Gasteiger partial charge in [-0.2, -0.15) is 10.5 Å². The zero-order valence-corrected chi connectivity index (χ0v) is 13.0. The van der Waals surface area contributed by atoms with Gasteiger partial charge in [0.1, 0.15) is 11.9 Å². The molecule has 1 aromatic rings. The quantitative estimate of drug-likeness (QED) is 0.826. The maximum absolute atomic E-state index is 13.2. The van der Waals surface area contributed by atoms with Crippen LogP contribution in [0.2, 0.25) is 0 Å². The maximum Gasteiger partial charge on any atom is 0.176 e. The minimum absolute atomic E-state index is 0.0125. The molecular formula is C18H20N2O2. The highest BCUT2D eigenvalue weighted by molar-refractivity contribution is 6.04. The number of ketones is 1. The third kappa shape index (κ3) is 2.70.